The van der Waals surface area contributed by atoms with Crippen LogP contribution in [-0.4, -0.2) is 42.6 Å². The molecule has 0 atom stereocenters. The molecule has 0 saturated carbocycles. The first kappa shape index (κ1) is 20.4. The molecule has 6 N–H and O–H groups in total. The summed E-state index contributed by atoms with van der Waals surface area (Å²) in [5, 5.41) is 52.7. The maximum atomic E-state index is 10.2. The number of aromatic hydroxyl groups is 4. The molecule has 0 unspecified atom stereocenters. The van der Waals surface area contributed by atoms with Gasteiger partial charge in [0.1, 0.15) is 0 Å². The second-order valence-electron chi connectivity index (χ2n) is 5.14. The fraction of sp³-hybridized carbons (Fsp3) is 0.111. The van der Waals surface area contributed by atoms with Gasteiger partial charge in [0, 0.05) is 12.5 Å². The minimum absolute atomic E-state index is 0.0181. The number of benzene rings is 2. The normalized spacial score (nSPS) is 10.2. The van der Waals surface area contributed by atoms with Gasteiger partial charge in [-0.1, -0.05) is 12.1 Å². The predicted molar refractivity (Wildman–Crippen MR) is 92.2 cm³/mol. The van der Waals surface area contributed by atoms with Gasteiger partial charge in [-0.3, -0.25) is 4.79 Å². The van der Waals surface area contributed by atoms with Crippen molar-refractivity contribution in [2.45, 2.75) is 12.8 Å². The van der Waals surface area contributed by atoms with Crippen LogP contribution in [0.5, 0.6) is 23.0 Å². The first-order valence-corrected chi connectivity index (χ1v) is 7.34. The van der Waals surface area contributed by atoms with Crippen molar-refractivity contribution in [1.29, 1.82) is 0 Å². The van der Waals surface area contributed by atoms with Gasteiger partial charge < -0.3 is 30.6 Å². The van der Waals surface area contributed by atoms with Gasteiger partial charge in [-0.2, -0.15) is 0 Å². The van der Waals surface area contributed by atoms with Crippen LogP contribution in [0.15, 0.2) is 42.5 Å². The topological polar surface area (TPSA) is 156 Å². The minimum Gasteiger partial charge on any atom is -0.504 e. The average molecular weight is 362 g/mol. The number of carboxylic acid groups (broad SMARTS) is 2. The van der Waals surface area contributed by atoms with E-state index in [1.807, 2.05) is 0 Å². The molecular formula is C18H18O8. The van der Waals surface area contributed by atoms with E-state index in [2.05, 4.69) is 0 Å². The van der Waals surface area contributed by atoms with Crippen molar-refractivity contribution in [1.82, 2.24) is 0 Å². The lowest BCUT2D eigenvalue weighted by Crippen LogP contribution is -1.96. The van der Waals surface area contributed by atoms with Gasteiger partial charge in [-0.15, -0.1) is 0 Å². The molecule has 8 heteroatoms. The van der Waals surface area contributed by atoms with Crippen molar-refractivity contribution < 1.29 is 40.2 Å². The highest BCUT2D eigenvalue weighted by atomic mass is 16.4. The van der Waals surface area contributed by atoms with Crippen LogP contribution >= 0.6 is 0 Å². The summed E-state index contributed by atoms with van der Waals surface area (Å²) in [5.74, 6) is -2.86. The zero-order chi connectivity index (χ0) is 19.7. The molecule has 0 saturated heterocycles. The second kappa shape index (κ2) is 9.58. The molecule has 0 aliphatic heterocycles. The maximum absolute atomic E-state index is 10.2. The minimum atomic E-state index is -1.06. The number of phenolic OH excluding ortho intramolecular Hbond substituents is 4. The Hall–Kier alpha value is -3.68. The third-order valence-corrected chi connectivity index (χ3v) is 3.09. The molecule has 26 heavy (non-hydrogen) atoms. The monoisotopic (exact) mass is 362 g/mol. The molecule has 0 spiro atoms. The quantitative estimate of drug-likeness (QED) is 0.349. The number of hydrogen-bond donors (Lipinski definition) is 6. The van der Waals surface area contributed by atoms with E-state index in [-0.39, 0.29) is 29.4 Å². The molecule has 0 aromatic heterocycles. The lowest BCUT2D eigenvalue weighted by Gasteiger charge is -2.01. The number of carbonyl (C=O) groups is 2. The van der Waals surface area contributed by atoms with Crippen molar-refractivity contribution in [2.75, 3.05) is 0 Å². The molecule has 2 aromatic rings. The summed E-state index contributed by atoms with van der Waals surface area (Å²) in [5.41, 5.74) is 1.20. The Bertz CT molecular complexity index is 811. The van der Waals surface area contributed by atoms with E-state index < -0.39 is 11.9 Å². The number of rotatable bonds is 5. The van der Waals surface area contributed by atoms with Crippen LogP contribution in [0.1, 0.15) is 17.5 Å². The first-order chi connectivity index (χ1) is 12.2. The lowest BCUT2D eigenvalue weighted by molar-refractivity contribution is -0.137. The molecule has 2 aromatic carbocycles. The van der Waals surface area contributed by atoms with Crippen LogP contribution in [-0.2, 0) is 16.0 Å². The van der Waals surface area contributed by atoms with Crippen molar-refractivity contribution in [2.24, 2.45) is 0 Å². The molecule has 0 heterocycles. The second-order valence-corrected chi connectivity index (χ2v) is 5.14. The van der Waals surface area contributed by atoms with Gasteiger partial charge in [-0.25, -0.2) is 4.79 Å². The Kier molecular flexibility index (Phi) is 7.50. The van der Waals surface area contributed by atoms with Crippen LogP contribution in [0.4, 0.5) is 0 Å². The smallest absolute Gasteiger partial charge is 0.328 e. The van der Waals surface area contributed by atoms with E-state index in [1.54, 1.807) is 6.07 Å². The lowest BCUT2D eigenvalue weighted by atomic mass is 10.1. The van der Waals surface area contributed by atoms with E-state index >= 15 is 0 Å². The van der Waals surface area contributed by atoms with E-state index in [0.717, 1.165) is 6.08 Å². The van der Waals surface area contributed by atoms with Crippen molar-refractivity contribution >= 4 is 18.0 Å². The van der Waals surface area contributed by atoms with Gasteiger partial charge >= 0.3 is 11.9 Å². The predicted octanol–water partition coefficient (Wildman–Crippen LogP) is 2.31. The summed E-state index contributed by atoms with van der Waals surface area (Å²) in [4.78, 5) is 20.3. The molecular weight excluding hydrogens is 344 g/mol. The van der Waals surface area contributed by atoms with Crippen LogP contribution in [0, 0.1) is 0 Å². The summed E-state index contributed by atoms with van der Waals surface area (Å²) in [6.45, 7) is 0. The molecule has 0 aliphatic carbocycles. The standard InChI is InChI=1S/C9H10O4.C9H8O4/c2*10-7-3-1-6(5-8(7)11)2-4-9(12)13/h1,3,5,10-11H,2,4H2,(H,12,13);1-5,10-11H,(H,12,13). The Morgan fingerprint density at radius 2 is 1.38 bits per heavy atom. The molecule has 138 valence electrons. The first-order valence-electron chi connectivity index (χ1n) is 7.34. The third-order valence-electron chi connectivity index (χ3n) is 3.09. The molecule has 0 radical (unpaired) electrons. The van der Waals surface area contributed by atoms with Gasteiger partial charge in [0.2, 0.25) is 0 Å². The molecule has 8 nitrogen and oxygen atoms in total. The van der Waals surface area contributed by atoms with Crippen molar-refractivity contribution in [3.05, 3.63) is 53.6 Å². The number of aliphatic carboxylic acids is 2. The average Bonchev–Trinajstić information content (AvgIpc) is 2.57. The Balaban J connectivity index is 0.000000260. The van der Waals surface area contributed by atoms with Crippen LogP contribution in [0.3, 0.4) is 0 Å². The zero-order valence-corrected chi connectivity index (χ0v) is 13.5. The molecule has 2 rings (SSSR count). The molecule has 0 amide bonds. The summed E-state index contributed by atoms with van der Waals surface area (Å²) in [7, 11) is 0. The van der Waals surface area contributed by atoms with Gasteiger partial charge in [0.15, 0.2) is 23.0 Å². The van der Waals surface area contributed by atoms with Crippen molar-refractivity contribution in [3.8, 4) is 23.0 Å². The molecule has 0 fully saturated rings. The summed E-state index contributed by atoms with van der Waals surface area (Å²) < 4.78 is 0. The fourth-order valence-corrected chi connectivity index (χ4v) is 1.79. The van der Waals surface area contributed by atoms with Gasteiger partial charge in [0.05, 0.1) is 0 Å². The summed E-state index contributed by atoms with van der Waals surface area (Å²) in [6.07, 6.45) is 2.64. The molecule has 0 aliphatic rings. The van der Waals surface area contributed by atoms with Crippen LogP contribution in [0.25, 0.3) is 6.08 Å². The highest BCUT2D eigenvalue weighted by Crippen LogP contribution is 2.26. The number of aryl methyl sites for hydroxylation is 1. The largest absolute Gasteiger partial charge is 0.504 e. The third kappa shape index (κ3) is 7.26. The van der Waals surface area contributed by atoms with Crippen LogP contribution in [0.2, 0.25) is 0 Å². The number of carboxylic acids is 2. The van der Waals surface area contributed by atoms with Crippen LogP contribution < -0.4 is 0 Å². The SMILES string of the molecule is O=C(O)C=Cc1ccc(O)c(O)c1.O=C(O)CCc1ccc(O)c(O)c1. The Morgan fingerprint density at radius 3 is 1.88 bits per heavy atom. The van der Waals surface area contributed by atoms with E-state index in [1.165, 1.54) is 36.4 Å². The summed E-state index contributed by atoms with van der Waals surface area (Å²) >= 11 is 0. The number of phenols is 4. The molecule has 0 bridgehead atoms. The van der Waals surface area contributed by atoms with Crippen molar-refractivity contribution in [3.63, 3.8) is 0 Å². The van der Waals surface area contributed by atoms with E-state index in [0.29, 0.717) is 17.5 Å². The highest BCUT2D eigenvalue weighted by molar-refractivity contribution is 5.85. The zero-order valence-electron chi connectivity index (χ0n) is 13.5. The van der Waals surface area contributed by atoms with Gasteiger partial charge in [-0.05, 0) is 47.9 Å². The maximum Gasteiger partial charge on any atom is 0.328 e. The summed E-state index contributed by atoms with van der Waals surface area (Å²) in [6, 6.07) is 8.34. The number of hydrogen-bond acceptors (Lipinski definition) is 6. The van der Waals surface area contributed by atoms with E-state index in [9.17, 15) is 9.59 Å². The van der Waals surface area contributed by atoms with Gasteiger partial charge in [0.25, 0.3) is 0 Å². The fourth-order valence-electron chi connectivity index (χ4n) is 1.79. The Morgan fingerprint density at radius 1 is 0.808 bits per heavy atom. The van der Waals surface area contributed by atoms with E-state index in [4.69, 9.17) is 30.6 Å². The Labute approximate surface area is 148 Å². The highest BCUT2D eigenvalue weighted by Gasteiger charge is 2.02.